The molecule has 1 aromatic heterocycles. The van der Waals surface area contributed by atoms with Crippen molar-refractivity contribution in [2.75, 3.05) is 6.54 Å². The molecule has 2 heterocycles. The molecule has 2 amide bonds. The number of rotatable bonds is 5. The molecule has 0 aliphatic carbocycles. The number of carboxylic acid groups (broad SMARTS) is 1. The van der Waals surface area contributed by atoms with E-state index in [0.29, 0.717) is 35.9 Å². The third-order valence-electron chi connectivity index (χ3n) is 4.93. The van der Waals surface area contributed by atoms with Gasteiger partial charge in [-0.3, -0.25) is 14.6 Å². The van der Waals surface area contributed by atoms with Crippen LogP contribution in [0.15, 0.2) is 36.5 Å². The maximum Gasteiger partial charge on any atom is 0.326 e. The summed E-state index contributed by atoms with van der Waals surface area (Å²) in [5.41, 5.74) is 1.14. The zero-order chi connectivity index (χ0) is 19.6. The van der Waals surface area contributed by atoms with E-state index >= 15 is 0 Å². The Morgan fingerprint density at radius 2 is 1.96 bits per heavy atom. The summed E-state index contributed by atoms with van der Waals surface area (Å²) in [6.07, 6.45) is 2.65. The molecule has 0 bridgehead atoms. The number of carboxylic acids is 1. The summed E-state index contributed by atoms with van der Waals surface area (Å²) in [5.74, 6) is -1.90. The summed E-state index contributed by atoms with van der Waals surface area (Å²) in [6, 6.07) is 7.31. The fourth-order valence-corrected chi connectivity index (χ4v) is 3.49. The second-order valence-corrected chi connectivity index (χ2v) is 7.10. The summed E-state index contributed by atoms with van der Waals surface area (Å²) < 4.78 is 0. The van der Waals surface area contributed by atoms with Crippen LogP contribution in [0, 0.1) is 5.92 Å². The zero-order valence-electron chi connectivity index (χ0n) is 15.4. The highest BCUT2D eigenvalue weighted by Gasteiger charge is 2.38. The number of nitrogens with zero attached hydrogens (tertiary/aromatic N) is 2. The van der Waals surface area contributed by atoms with Gasteiger partial charge in [-0.2, -0.15) is 0 Å². The van der Waals surface area contributed by atoms with E-state index < -0.39 is 18.1 Å². The number of aromatic nitrogens is 1. The maximum atomic E-state index is 13.0. The minimum atomic E-state index is -1.00. The normalized spacial score (nSPS) is 17.9. The lowest BCUT2D eigenvalue weighted by atomic mass is 10.0. The standard InChI is InChI=1S/C20H23N3O4/c1-12(2)17(19(25)23-11-5-8-16(23)20(26)27)22-18(24)14-9-10-21-15-7-4-3-6-13(14)15/h3-4,6-7,9-10,12,16-17H,5,8,11H2,1-2H3,(H,22,24)(H,26,27)/t16-,17?/m0/s1. The maximum absolute atomic E-state index is 13.0. The van der Waals surface area contributed by atoms with Crippen LogP contribution in [0.5, 0.6) is 0 Å². The van der Waals surface area contributed by atoms with Crippen molar-refractivity contribution in [1.29, 1.82) is 0 Å². The van der Waals surface area contributed by atoms with Crippen LogP contribution in [0.4, 0.5) is 0 Å². The highest BCUT2D eigenvalue weighted by molar-refractivity contribution is 6.07. The first kappa shape index (κ1) is 18.8. The number of amides is 2. The molecular formula is C20H23N3O4. The summed E-state index contributed by atoms with van der Waals surface area (Å²) in [4.78, 5) is 42.9. The van der Waals surface area contributed by atoms with E-state index in [4.69, 9.17) is 0 Å². The van der Waals surface area contributed by atoms with Gasteiger partial charge in [-0.15, -0.1) is 0 Å². The molecule has 27 heavy (non-hydrogen) atoms. The molecule has 2 N–H and O–H groups in total. The van der Waals surface area contributed by atoms with Crippen LogP contribution in [0.2, 0.25) is 0 Å². The lowest BCUT2D eigenvalue weighted by molar-refractivity contribution is -0.149. The van der Waals surface area contributed by atoms with Gasteiger partial charge in [-0.1, -0.05) is 32.0 Å². The third-order valence-corrected chi connectivity index (χ3v) is 4.93. The summed E-state index contributed by atoms with van der Waals surface area (Å²) in [7, 11) is 0. The van der Waals surface area contributed by atoms with Crippen LogP contribution < -0.4 is 5.32 Å². The molecule has 0 saturated carbocycles. The molecule has 1 saturated heterocycles. The van der Waals surface area contributed by atoms with Gasteiger partial charge in [0.1, 0.15) is 12.1 Å². The van der Waals surface area contributed by atoms with Crippen molar-refractivity contribution < 1.29 is 19.5 Å². The number of benzene rings is 1. The van der Waals surface area contributed by atoms with Crippen molar-refractivity contribution in [1.82, 2.24) is 15.2 Å². The predicted octanol–water partition coefficient (Wildman–Crippen LogP) is 2.06. The number of carbonyl (C=O) groups is 3. The van der Waals surface area contributed by atoms with E-state index in [1.807, 2.05) is 38.1 Å². The molecule has 2 aromatic rings. The van der Waals surface area contributed by atoms with Gasteiger partial charge in [-0.05, 0) is 30.9 Å². The Balaban J connectivity index is 1.85. The van der Waals surface area contributed by atoms with Crippen LogP contribution in [0.3, 0.4) is 0 Å². The number of fused-ring (bicyclic) bond motifs is 1. The van der Waals surface area contributed by atoms with E-state index in [1.54, 1.807) is 12.3 Å². The SMILES string of the molecule is CC(C)C(NC(=O)c1ccnc2ccccc12)C(=O)N1CCC[C@H]1C(=O)O. The van der Waals surface area contributed by atoms with Crippen molar-refractivity contribution in [2.24, 2.45) is 5.92 Å². The molecule has 2 atom stereocenters. The number of hydrogen-bond donors (Lipinski definition) is 2. The van der Waals surface area contributed by atoms with Crippen LogP contribution in [0.25, 0.3) is 10.9 Å². The smallest absolute Gasteiger partial charge is 0.326 e. The first-order valence-electron chi connectivity index (χ1n) is 9.08. The molecule has 0 spiro atoms. The minimum absolute atomic E-state index is 0.176. The van der Waals surface area contributed by atoms with E-state index in [9.17, 15) is 19.5 Å². The van der Waals surface area contributed by atoms with Crippen LogP contribution in [-0.2, 0) is 9.59 Å². The van der Waals surface area contributed by atoms with Gasteiger partial charge in [-0.25, -0.2) is 4.79 Å². The minimum Gasteiger partial charge on any atom is -0.480 e. The zero-order valence-corrected chi connectivity index (χ0v) is 15.4. The van der Waals surface area contributed by atoms with E-state index in [-0.39, 0.29) is 17.7 Å². The number of nitrogens with one attached hydrogen (secondary N) is 1. The van der Waals surface area contributed by atoms with Crippen molar-refractivity contribution >= 4 is 28.7 Å². The van der Waals surface area contributed by atoms with Gasteiger partial charge in [0.05, 0.1) is 11.1 Å². The molecule has 1 aromatic carbocycles. The molecule has 142 valence electrons. The van der Waals surface area contributed by atoms with Crippen LogP contribution in [-0.4, -0.2) is 51.4 Å². The quantitative estimate of drug-likeness (QED) is 0.840. The van der Waals surface area contributed by atoms with E-state index in [0.717, 1.165) is 0 Å². The number of para-hydroxylation sites is 1. The topological polar surface area (TPSA) is 99.6 Å². The molecule has 7 nitrogen and oxygen atoms in total. The summed E-state index contributed by atoms with van der Waals surface area (Å²) in [5, 5.41) is 12.9. The number of likely N-dealkylation sites (tertiary alicyclic amines) is 1. The molecule has 3 rings (SSSR count). The summed E-state index contributed by atoms with van der Waals surface area (Å²) in [6.45, 7) is 4.06. The van der Waals surface area contributed by atoms with Gasteiger partial charge in [0, 0.05) is 18.1 Å². The van der Waals surface area contributed by atoms with Crippen molar-refractivity contribution in [2.45, 2.75) is 38.8 Å². The fourth-order valence-electron chi connectivity index (χ4n) is 3.49. The first-order valence-corrected chi connectivity index (χ1v) is 9.08. The first-order chi connectivity index (χ1) is 12.9. The number of aliphatic carboxylic acids is 1. The van der Waals surface area contributed by atoms with Crippen LogP contribution in [0.1, 0.15) is 37.0 Å². The third kappa shape index (κ3) is 3.77. The molecule has 1 aliphatic rings. The largest absolute Gasteiger partial charge is 0.480 e. The van der Waals surface area contributed by atoms with Gasteiger partial charge < -0.3 is 15.3 Å². The molecule has 1 fully saturated rings. The van der Waals surface area contributed by atoms with Gasteiger partial charge in [0.15, 0.2) is 0 Å². The van der Waals surface area contributed by atoms with E-state index in [1.165, 1.54) is 4.90 Å². The molecule has 1 aliphatic heterocycles. The fraction of sp³-hybridized carbons (Fsp3) is 0.400. The Kier molecular flexibility index (Phi) is 5.39. The highest BCUT2D eigenvalue weighted by atomic mass is 16.4. The predicted molar refractivity (Wildman–Crippen MR) is 100 cm³/mol. The van der Waals surface area contributed by atoms with Crippen molar-refractivity contribution in [3.63, 3.8) is 0 Å². The van der Waals surface area contributed by atoms with Gasteiger partial charge >= 0.3 is 5.97 Å². The Morgan fingerprint density at radius 1 is 1.22 bits per heavy atom. The second-order valence-electron chi connectivity index (χ2n) is 7.10. The van der Waals surface area contributed by atoms with E-state index in [2.05, 4.69) is 10.3 Å². The number of carbonyl (C=O) groups excluding carboxylic acids is 2. The average molecular weight is 369 g/mol. The Labute approximate surface area is 157 Å². The van der Waals surface area contributed by atoms with Gasteiger partial charge in [0.25, 0.3) is 5.91 Å². The molecule has 0 radical (unpaired) electrons. The Bertz CT molecular complexity index is 875. The van der Waals surface area contributed by atoms with Crippen LogP contribution >= 0.6 is 0 Å². The highest BCUT2D eigenvalue weighted by Crippen LogP contribution is 2.21. The lowest BCUT2D eigenvalue weighted by Crippen LogP contribution is -2.53. The molecular weight excluding hydrogens is 346 g/mol. The number of pyridine rings is 1. The number of hydrogen-bond acceptors (Lipinski definition) is 4. The second kappa shape index (κ2) is 7.73. The lowest BCUT2D eigenvalue weighted by Gasteiger charge is -2.29. The Morgan fingerprint density at radius 3 is 2.67 bits per heavy atom. The van der Waals surface area contributed by atoms with Crippen molar-refractivity contribution in [3.05, 3.63) is 42.1 Å². The monoisotopic (exact) mass is 369 g/mol. The average Bonchev–Trinajstić information content (AvgIpc) is 3.15. The molecule has 1 unspecified atom stereocenters. The Hall–Kier alpha value is -2.96. The van der Waals surface area contributed by atoms with Crippen molar-refractivity contribution in [3.8, 4) is 0 Å². The molecule has 7 heteroatoms. The summed E-state index contributed by atoms with van der Waals surface area (Å²) >= 11 is 0. The van der Waals surface area contributed by atoms with Gasteiger partial charge in [0.2, 0.25) is 5.91 Å².